The van der Waals surface area contributed by atoms with E-state index >= 15 is 0 Å². The lowest BCUT2D eigenvalue weighted by Crippen LogP contribution is -2.20. The number of benzene rings is 1. The maximum atomic E-state index is 11.5. The van der Waals surface area contributed by atoms with Gasteiger partial charge in [0.05, 0.1) is 5.75 Å². The van der Waals surface area contributed by atoms with E-state index in [0.717, 1.165) is 5.56 Å². The summed E-state index contributed by atoms with van der Waals surface area (Å²) in [4.78, 5) is 7.78. The Morgan fingerprint density at radius 2 is 1.82 bits per heavy atom. The van der Waals surface area contributed by atoms with Crippen LogP contribution in [0.2, 0.25) is 5.15 Å². The Bertz CT molecular complexity index is 729. The molecule has 2 rings (SSSR count). The quantitative estimate of drug-likeness (QED) is 0.684. The van der Waals surface area contributed by atoms with Gasteiger partial charge in [-0.3, -0.25) is 0 Å². The van der Waals surface area contributed by atoms with Gasteiger partial charge in [-0.2, -0.15) is 4.98 Å². The molecule has 0 fully saturated rings. The number of hydrogen-bond acceptors (Lipinski definition) is 6. The van der Waals surface area contributed by atoms with Gasteiger partial charge in [-0.05, 0) is 18.2 Å². The number of rotatable bonds is 6. The fourth-order valence-corrected chi connectivity index (χ4v) is 2.73. The van der Waals surface area contributed by atoms with E-state index in [2.05, 4.69) is 20.0 Å². The summed E-state index contributed by atoms with van der Waals surface area (Å²) in [6, 6.07) is 8.81. The lowest BCUT2D eigenvalue weighted by Gasteiger charge is -2.08. The molecule has 2 aromatic rings. The summed E-state index contributed by atoms with van der Waals surface area (Å²) in [7, 11) is -1.87. The first kappa shape index (κ1) is 16.5. The van der Waals surface area contributed by atoms with Crippen molar-refractivity contribution >= 4 is 33.4 Å². The first-order valence-electron chi connectivity index (χ1n) is 6.41. The van der Waals surface area contributed by atoms with Crippen LogP contribution in [0, 0.1) is 0 Å². The summed E-state index contributed by atoms with van der Waals surface area (Å²) in [5.41, 5.74) is 7.20. The van der Waals surface area contributed by atoms with Crippen molar-refractivity contribution in [3.8, 4) is 0 Å². The predicted octanol–water partition coefficient (Wildman–Crippen LogP) is 1.37. The van der Waals surface area contributed by atoms with Gasteiger partial charge in [-0.25, -0.2) is 18.1 Å². The number of nitrogens with zero attached hydrogens (tertiary/aromatic N) is 2. The van der Waals surface area contributed by atoms with Crippen molar-refractivity contribution < 1.29 is 8.42 Å². The molecule has 0 saturated heterocycles. The Balaban J connectivity index is 1.99. The predicted molar refractivity (Wildman–Crippen MR) is 86.9 cm³/mol. The molecule has 4 N–H and O–H groups in total. The fourth-order valence-electron chi connectivity index (χ4n) is 1.76. The van der Waals surface area contributed by atoms with E-state index in [1.54, 1.807) is 18.2 Å². The summed E-state index contributed by atoms with van der Waals surface area (Å²) in [5, 5.41) is 3.34. The van der Waals surface area contributed by atoms with Gasteiger partial charge in [-0.1, -0.05) is 35.9 Å². The van der Waals surface area contributed by atoms with Crippen LogP contribution >= 0.6 is 11.6 Å². The molecule has 0 atom stereocenters. The Morgan fingerprint density at radius 1 is 1.18 bits per heavy atom. The highest BCUT2D eigenvalue weighted by molar-refractivity contribution is 7.88. The number of anilines is 2. The third-order valence-electron chi connectivity index (χ3n) is 2.88. The van der Waals surface area contributed by atoms with Crippen molar-refractivity contribution in [1.29, 1.82) is 0 Å². The first-order valence-corrected chi connectivity index (χ1v) is 8.44. The fraction of sp³-hybridized carbons (Fsp3) is 0.231. The largest absolute Gasteiger partial charge is 0.368 e. The Kier molecular flexibility index (Phi) is 5.17. The maximum Gasteiger partial charge on any atom is 0.223 e. The molecular weight excluding hydrogens is 326 g/mol. The van der Waals surface area contributed by atoms with E-state index in [1.165, 1.54) is 7.05 Å². The van der Waals surface area contributed by atoms with Crippen LogP contribution in [0.4, 0.5) is 11.8 Å². The second-order valence-corrected chi connectivity index (χ2v) is 6.88. The SMILES string of the molecule is CNS(=O)(=O)Cc1ccc(CNc2cc(Cl)nc(N)n2)cc1. The summed E-state index contributed by atoms with van der Waals surface area (Å²) >= 11 is 5.79. The lowest BCUT2D eigenvalue weighted by atomic mass is 10.1. The van der Waals surface area contributed by atoms with Crippen molar-refractivity contribution in [3.63, 3.8) is 0 Å². The molecule has 7 nitrogen and oxygen atoms in total. The van der Waals surface area contributed by atoms with Gasteiger partial charge in [0.25, 0.3) is 0 Å². The van der Waals surface area contributed by atoms with Crippen LogP contribution in [0.25, 0.3) is 0 Å². The highest BCUT2D eigenvalue weighted by Crippen LogP contribution is 2.14. The van der Waals surface area contributed by atoms with Crippen molar-refractivity contribution in [3.05, 3.63) is 46.6 Å². The number of nitrogen functional groups attached to an aromatic ring is 1. The van der Waals surface area contributed by atoms with E-state index in [-0.39, 0.29) is 16.9 Å². The Labute approximate surface area is 134 Å². The second kappa shape index (κ2) is 6.91. The van der Waals surface area contributed by atoms with Gasteiger partial charge in [-0.15, -0.1) is 0 Å². The first-order chi connectivity index (χ1) is 10.4. The third kappa shape index (κ3) is 4.83. The maximum absolute atomic E-state index is 11.5. The van der Waals surface area contributed by atoms with E-state index in [0.29, 0.717) is 17.9 Å². The number of nitrogens with one attached hydrogen (secondary N) is 2. The molecule has 0 bridgehead atoms. The minimum Gasteiger partial charge on any atom is -0.368 e. The van der Waals surface area contributed by atoms with Crippen LogP contribution in [0.1, 0.15) is 11.1 Å². The zero-order valence-electron chi connectivity index (χ0n) is 11.9. The standard InChI is InChI=1S/C13H16ClN5O2S/c1-16-22(20,21)8-10-4-2-9(3-5-10)7-17-12-6-11(14)18-13(15)19-12/h2-6,16H,7-8H2,1H3,(H3,15,17,18,19). The van der Waals surface area contributed by atoms with Gasteiger partial charge in [0.15, 0.2) is 0 Å². The number of sulfonamides is 1. The van der Waals surface area contributed by atoms with Gasteiger partial charge in [0.1, 0.15) is 11.0 Å². The van der Waals surface area contributed by atoms with Gasteiger partial charge in [0, 0.05) is 12.6 Å². The Hall–Kier alpha value is -1.90. The summed E-state index contributed by atoms with van der Waals surface area (Å²) in [5.74, 6) is 0.580. The van der Waals surface area contributed by atoms with Gasteiger partial charge in [0.2, 0.25) is 16.0 Å². The number of aromatic nitrogens is 2. The molecule has 118 valence electrons. The molecular formula is C13H16ClN5O2S. The smallest absolute Gasteiger partial charge is 0.223 e. The van der Waals surface area contributed by atoms with Crippen molar-refractivity contribution in [2.24, 2.45) is 0 Å². The molecule has 1 aromatic carbocycles. The van der Waals surface area contributed by atoms with Crippen LogP contribution in [0.5, 0.6) is 0 Å². The van der Waals surface area contributed by atoms with E-state index in [9.17, 15) is 8.42 Å². The molecule has 22 heavy (non-hydrogen) atoms. The minimum atomic E-state index is -3.26. The molecule has 9 heteroatoms. The topological polar surface area (TPSA) is 110 Å². The zero-order valence-corrected chi connectivity index (χ0v) is 13.4. The van der Waals surface area contributed by atoms with Crippen LogP contribution in [0.3, 0.4) is 0 Å². The normalized spacial score (nSPS) is 11.4. The van der Waals surface area contributed by atoms with Crippen molar-refractivity contribution in [2.75, 3.05) is 18.1 Å². The Morgan fingerprint density at radius 3 is 2.41 bits per heavy atom. The molecule has 0 aliphatic heterocycles. The third-order valence-corrected chi connectivity index (χ3v) is 4.41. The molecule has 1 heterocycles. The molecule has 0 spiro atoms. The number of halogens is 1. The van der Waals surface area contributed by atoms with Crippen molar-refractivity contribution in [1.82, 2.24) is 14.7 Å². The highest BCUT2D eigenvalue weighted by Gasteiger charge is 2.08. The van der Waals surface area contributed by atoms with E-state index in [1.807, 2.05) is 12.1 Å². The summed E-state index contributed by atoms with van der Waals surface area (Å²) in [6.45, 7) is 0.506. The molecule has 0 amide bonds. The van der Waals surface area contributed by atoms with Crippen LogP contribution in [-0.4, -0.2) is 25.4 Å². The van der Waals surface area contributed by atoms with Crippen LogP contribution in [0.15, 0.2) is 30.3 Å². The molecule has 0 radical (unpaired) electrons. The van der Waals surface area contributed by atoms with Gasteiger partial charge < -0.3 is 11.1 Å². The minimum absolute atomic E-state index is 0.0464. The average Bonchev–Trinajstić information content (AvgIpc) is 2.45. The van der Waals surface area contributed by atoms with Crippen LogP contribution in [-0.2, 0) is 22.3 Å². The molecule has 0 aliphatic carbocycles. The highest BCUT2D eigenvalue weighted by atomic mass is 35.5. The van der Waals surface area contributed by atoms with Gasteiger partial charge >= 0.3 is 0 Å². The number of hydrogen-bond donors (Lipinski definition) is 3. The number of nitrogens with two attached hydrogens (primary N) is 1. The lowest BCUT2D eigenvalue weighted by molar-refractivity contribution is 0.587. The van der Waals surface area contributed by atoms with Crippen molar-refractivity contribution in [2.45, 2.75) is 12.3 Å². The average molecular weight is 342 g/mol. The van der Waals surface area contributed by atoms with E-state index in [4.69, 9.17) is 17.3 Å². The van der Waals surface area contributed by atoms with E-state index < -0.39 is 10.0 Å². The molecule has 0 saturated carbocycles. The molecule has 0 unspecified atom stereocenters. The van der Waals surface area contributed by atoms with Crippen LogP contribution < -0.4 is 15.8 Å². The summed E-state index contributed by atoms with van der Waals surface area (Å²) in [6.07, 6.45) is 0. The second-order valence-electron chi connectivity index (χ2n) is 4.57. The molecule has 0 aliphatic rings. The zero-order chi connectivity index (χ0) is 16.2. The molecule has 1 aromatic heterocycles. The monoisotopic (exact) mass is 341 g/mol. The summed E-state index contributed by atoms with van der Waals surface area (Å²) < 4.78 is 25.2.